The fourth-order valence-corrected chi connectivity index (χ4v) is 9.01. The van der Waals surface area contributed by atoms with E-state index in [4.69, 9.17) is 24.9 Å². The number of nitriles is 1. The Balaban J connectivity index is 1.12. The molecule has 4 aromatic heterocycles. The molecular formula is C59H40N6. The van der Waals surface area contributed by atoms with Crippen molar-refractivity contribution in [2.45, 2.75) is 19.3 Å². The lowest BCUT2D eigenvalue weighted by molar-refractivity contribution is 0.660. The van der Waals surface area contributed by atoms with Gasteiger partial charge in [0.2, 0.25) is 0 Å². The molecule has 0 amide bonds. The van der Waals surface area contributed by atoms with E-state index >= 15 is 0 Å². The van der Waals surface area contributed by atoms with Crippen LogP contribution in [0.2, 0.25) is 0 Å². The second-order valence-electron chi connectivity index (χ2n) is 16.9. The molecule has 0 unspecified atom stereocenters. The Labute approximate surface area is 378 Å². The van der Waals surface area contributed by atoms with Crippen LogP contribution in [0.25, 0.3) is 101 Å². The van der Waals surface area contributed by atoms with Crippen molar-refractivity contribution in [1.29, 1.82) is 5.26 Å². The van der Waals surface area contributed by atoms with Crippen molar-refractivity contribution >= 4 is 0 Å². The van der Waals surface area contributed by atoms with E-state index in [2.05, 4.69) is 141 Å². The molecule has 0 radical (unpaired) electrons. The second-order valence-corrected chi connectivity index (χ2v) is 16.9. The molecule has 0 bridgehead atoms. The van der Waals surface area contributed by atoms with E-state index in [-0.39, 0.29) is 5.41 Å². The number of aromatic nitrogens is 5. The highest BCUT2D eigenvalue weighted by atomic mass is 14.9. The van der Waals surface area contributed by atoms with E-state index in [0.29, 0.717) is 11.4 Å². The molecule has 306 valence electrons. The van der Waals surface area contributed by atoms with Gasteiger partial charge in [-0.15, -0.1) is 0 Å². The Morgan fingerprint density at radius 2 is 0.846 bits per heavy atom. The second kappa shape index (κ2) is 16.2. The summed E-state index contributed by atoms with van der Waals surface area (Å²) in [5.74, 6) is 0.643. The van der Waals surface area contributed by atoms with Gasteiger partial charge in [-0.25, -0.2) is 15.0 Å². The van der Waals surface area contributed by atoms with E-state index in [1.165, 1.54) is 16.7 Å². The zero-order valence-electron chi connectivity index (χ0n) is 35.8. The van der Waals surface area contributed by atoms with E-state index in [9.17, 15) is 5.26 Å². The van der Waals surface area contributed by atoms with Gasteiger partial charge in [0.1, 0.15) is 0 Å². The van der Waals surface area contributed by atoms with Crippen LogP contribution in [-0.4, -0.2) is 24.9 Å². The highest BCUT2D eigenvalue weighted by Gasteiger charge is 2.36. The van der Waals surface area contributed by atoms with Gasteiger partial charge in [-0.1, -0.05) is 129 Å². The monoisotopic (exact) mass is 832 g/mol. The summed E-state index contributed by atoms with van der Waals surface area (Å²) in [7, 11) is 0. The SMILES string of the molecule is CC1(C)c2cc(C#N)ccc2-c2ccc(-c3cc(-c4cc(-c5ccccn5)nc(-c5ccccn5)c4)cc(-c4cc(-c5ccc(-c6ccccc6)cc5)nc(-c5ccccc5)n4)c3)cc21. The van der Waals surface area contributed by atoms with Gasteiger partial charge >= 0.3 is 0 Å². The summed E-state index contributed by atoms with van der Waals surface area (Å²) in [5.41, 5.74) is 19.0. The van der Waals surface area contributed by atoms with Crippen LogP contribution < -0.4 is 0 Å². The Morgan fingerprint density at radius 1 is 0.354 bits per heavy atom. The fraction of sp³-hybridized carbons (Fsp3) is 0.0508. The van der Waals surface area contributed by atoms with Crippen molar-refractivity contribution in [1.82, 2.24) is 24.9 Å². The van der Waals surface area contributed by atoms with Gasteiger partial charge in [0.05, 0.1) is 45.8 Å². The summed E-state index contributed by atoms with van der Waals surface area (Å²) < 4.78 is 0. The molecule has 10 aromatic rings. The van der Waals surface area contributed by atoms with Crippen molar-refractivity contribution < 1.29 is 0 Å². The first-order chi connectivity index (χ1) is 31.9. The zero-order chi connectivity index (χ0) is 43.9. The Hall–Kier alpha value is -8.66. The number of pyridine rings is 3. The van der Waals surface area contributed by atoms with E-state index in [1.54, 1.807) is 12.4 Å². The van der Waals surface area contributed by atoms with Crippen LogP contribution in [0.3, 0.4) is 0 Å². The molecule has 0 aliphatic heterocycles. The van der Waals surface area contributed by atoms with Crippen molar-refractivity contribution in [3.63, 3.8) is 0 Å². The predicted molar refractivity (Wildman–Crippen MR) is 261 cm³/mol. The molecule has 1 aliphatic rings. The Bertz CT molecular complexity index is 3380. The van der Waals surface area contributed by atoms with Gasteiger partial charge in [-0.3, -0.25) is 9.97 Å². The Morgan fingerprint density at radius 3 is 1.46 bits per heavy atom. The van der Waals surface area contributed by atoms with Gasteiger partial charge in [0.25, 0.3) is 0 Å². The zero-order valence-corrected chi connectivity index (χ0v) is 35.8. The van der Waals surface area contributed by atoms with E-state index < -0.39 is 0 Å². The van der Waals surface area contributed by atoms with Gasteiger partial charge < -0.3 is 0 Å². The summed E-state index contributed by atoms with van der Waals surface area (Å²) in [5, 5.41) is 9.80. The highest BCUT2D eigenvalue weighted by molar-refractivity contribution is 5.88. The van der Waals surface area contributed by atoms with Gasteiger partial charge in [0.15, 0.2) is 5.82 Å². The van der Waals surface area contributed by atoms with Gasteiger partial charge in [0, 0.05) is 34.5 Å². The lowest BCUT2D eigenvalue weighted by atomic mass is 9.81. The first-order valence-electron chi connectivity index (χ1n) is 21.7. The first-order valence-corrected chi connectivity index (χ1v) is 21.7. The largest absolute Gasteiger partial charge is 0.255 e. The third kappa shape index (κ3) is 7.45. The third-order valence-electron chi connectivity index (χ3n) is 12.4. The molecule has 6 aromatic carbocycles. The number of rotatable bonds is 8. The summed E-state index contributed by atoms with van der Waals surface area (Å²) in [4.78, 5) is 25.0. The molecule has 6 nitrogen and oxygen atoms in total. The first kappa shape index (κ1) is 39.2. The fourth-order valence-electron chi connectivity index (χ4n) is 9.01. The average molecular weight is 833 g/mol. The molecular weight excluding hydrogens is 793 g/mol. The molecule has 0 saturated heterocycles. The lowest BCUT2D eigenvalue weighted by Gasteiger charge is -2.22. The third-order valence-corrected chi connectivity index (χ3v) is 12.4. The van der Waals surface area contributed by atoms with Crippen LogP contribution in [0, 0.1) is 11.3 Å². The maximum atomic E-state index is 9.80. The van der Waals surface area contributed by atoms with Crippen molar-refractivity contribution in [3.05, 3.63) is 223 Å². The summed E-state index contributed by atoms with van der Waals surface area (Å²) >= 11 is 0. The predicted octanol–water partition coefficient (Wildman–Crippen LogP) is 14.2. The number of benzene rings is 6. The topological polar surface area (TPSA) is 88.2 Å². The number of hydrogen-bond donors (Lipinski definition) is 0. The standard InChI is InChI=1S/C59H40N6/c1-59(2)50-29-38(37-60)19-25-48(50)49-26-24-43(33-51(49)59)44-30-45(46-34-56(52-17-9-11-27-61-52)63-57(35-46)53-18-10-12-28-62-53)32-47(31-44)55-36-54(64-58(65-55)42-15-7-4-8-16-42)41-22-20-40(21-23-41)39-13-5-3-6-14-39/h3-36H,1-2H3. The quantitative estimate of drug-likeness (QED) is 0.151. The molecule has 65 heavy (non-hydrogen) atoms. The molecule has 1 aliphatic carbocycles. The summed E-state index contributed by atoms with van der Waals surface area (Å²) in [6.45, 7) is 4.50. The van der Waals surface area contributed by atoms with Crippen molar-refractivity contribution in [3.8, 4) is 107 Å². The van der Waals surface area contributed by atoms with Gasteiger partial charge in [-0.2, -0.15) is 5.26 Å². The normalized spacial score (nSPS) is 12.3. The van der Waals surface area contributed by atoms with Gasteiger partial charge in [-0.05, 0) is 134 Å². The van der Waals surface area contributed by atoms with Crippen molar-refractivity contribution in [2.75, 3.05) is 0 Å². The van der Waals surface area contributed by atoms with Crippen LogP contribution in [0.1, 0.15) is 30.5 Å². The molecule has 0 saturated carbocycles. The van der Waals surface area contributed by atoms with Crippen LogP contribution in [0.4, 0.5) is 0 Å². The minimum absolute atomic E-state index is 0.309. The molecule has 11 rings (SSSR count). The average Bonchev–Trinajstić information content (AvgIpc) is 3.61. The molecule has 0 atom stereocenters. The smallest absolute Gasteiger partial charge is 0.160 e. The Kier molecular flexibility index (Phi) is 9.79. The van der Waals surface area contributed by atoms with Crippen LogP contribution >= 0.6 is 0 Å². The van der Waals surface area contributed by atoms with Crippen molar-refractivity contribution in [2.24, 2.45) is 0 Å². The minimum Gasteiger partial charge on any atom is -0.255 e. The number of hydrogen-bond acceptors (Lipinski definition) is 6. The minimum atomic E-state index is -0.309. The summed E-state index contributed by atoms with van der Waals surface area (Å²) in [6.07, 6.45) is 3.59. The van der Waals surface area contributed by atoms with Crippen LogP contribution in [0.5, 0.6) is 0 Å². The maximum Gasteiger partial charge on any atom is 0.160 e. The number of fused-ring (bicyclic) bond motifs is 3. The van der Waals surface area contributed by atoms with Crippen LogP contribution in [-0.2, 0) is 5.41 Å². The molecule has 0 fully saturated rings. The molecule has 0 N–H and O–H groups in total. The molecule has 0 spiro atoms. The highest BCUT2D eigenvalue weighted by Crippen LogP contribution is 2.50. The number of nitrogens with zero attached hydrogens (tertiary/aromatic N) is 6. The lowest BCUT2D eigenvalue weighted by Crippen LogP contribution is -2.15. The molecule has 4 heterocycles. The summed E-state index contributed by atoms with van der Waals surface area (Å²) in [6, 6.07) is 69.2. The maximum absolute atomic E-state index is 9.80. The van der Waals surface area contributed by atoms with Crippen LogP contribution in [0.15, 0.2) is 207 Å². The van der Waals surface area contributed by atoms with E-state index in [1.807, 2.05) is 72.8 Å². The van der Waals surface area contributed by atoms with E-state index in [0.717, 1.165) is 89.8 Å². The molecule has 6 heteroatoms.